The van der Waals surface area contributed by atoms with Gasteiger partial charge in [0.2, 0.25) is 5.91 Å². The Morgan fingerprint density at radius 2 is 1.82 bits per heavy atom. The van der Waals surface area contributed by atoms with Crippen LogP contribution in [0.25, 0.3) is 0 Å². The van der Waals surface area contributed by atoms with Gasteiger partial charge in [-0.15, -0.1) is 0 Å². The second kappa shape index (κ2) is 9.46. The van der Waals surface area contributed by atoms with Gasteiger partial charge < -0.3 is 19.9 Å². The summed E-state index contributed by atoms with van der Waals surface area (Å²) in [6.07, 6.45) is 0.273. The molecule has 2 amide bonds. The molecule has 0 aromatic heterocycles. The van der Waals surface area contributed by atoms with Crippen LogP contribution in [0, 0.1) is 0 Å². The summed E-state index contributed by atoms with van der Waals surface area (Å²) in [4.78, 5) is 28.7. The third kappa shape index (κ3) is 4.95. The molecule has 6 nitrogen and oxygen atoms in total. The highest BCUT2D eigenvalue weighted by atomic mass is 35.5. The van der Waals surface area contributed by atoms with Gasteiger partial charge in [-0.25, -0.2) is 0 Å². The van der Waals surface area contributed by atoms with Crippen molar-refractivity contribution in [1.29, 1.82) is 0 Å². The third-order valence-electron chi connectivity index (χ3n) is 4.79. The van der Waals surface area contributed by atoms with Gasteiger partial charge in [0, 0.05) is 50.9 Å². The molecule has 0 saturated carbocycles. The molecular formula is C21H24ClN3O3. The molecular weight excluding hydrogens is 378 g/mol. The molecule has 0 aliphatic carbocycles. The number of rotatable bonds is 6. The van der Waals surface area contributed by atoms with E-state index < -0.39 is 0 Å². The topological polar surface area (TPSA) is 61.9 Å². The average molecular weight is 402 g/mol. The first-order valence-electron chi connectivity index (χ1n) is 9.28. The Labute approximate surface area is 170 Å². The summed E-state index contributed by atoms with van der Waals surface area (Å²) in [5, 5.41) is 3.16. The number of anilines is 1. The molecule has 1 aliphatic rings. The number of ether oxygens (including phenoxy) is 1. The number of hydrogen-bond donors (Lipinski definition) is 1. The normalized spacial score (nSPS) is 13.9. The highest BCUT2D eigenvalue weighted by Crippen LogP contribution is 2.22. The number of hydrogen-bond acceptors (Lipinski definition) is 4. The highest BCUT2D eigenvalue weighted by molar-refractivity contribution is 6.33. The number of methoxy groups -OCH3 is 1. The van der Waals surface area contributed by atoms with Crippen LogP contribution in [0.4, 0.5) is 5.69 Å². The van der Waals surface area contributed by atoms with Gasteiger partial charge in [-0.3, -0.25) is 9.59 Å². The molecule has 1 saturated heterocycles. The van der Waals surface area contributed by atoms with Crippen LogP contribution >= 0.6 is 11.6 Å². The van der Waals surface area contributed by atoms with Crippen molar-refractivity contribution in [3.63, 3.8) is 0 Å². The zero-order chi connectivity index (χ0) is 19.9. The van der Waals surface area contributed by atoms with Gasteiger partial charge in [0.05, 0.1) is 17.7 Å². The first kappa shape index (κ1) is 20.0. The predicted octanol–water partition coefficient (Wildman–Crippen LogP) is 2.82. The molecule has 28 heavy (non-hydrogen) atoms. The molecule has 2 aromatic carbocycles. The minimum absolute atomic E-state index is 0.0461. The summed E-state index contributed by atoms with van der Waals surface area (Å²) in [6.45, 7) is 3.15. The maximum absolute atomic E-state index is 12.4. The summed E-state index contributed by atoms with van der Waals surface area (Å²) >= 11 is 6.02. The zero-order valence-corrected chi connectivity index (χ0v) is 16.6. The van der Waals surface area contributed by atoms with Crippen LogP contribution in [0.2, 0.25) is 5.02 Å². The Hall–Kier alpha value is -2.73. The zero-order valence-electron chi connectivity index (χ0n) is 15.9. The van der Waals surface area contributed by atoms with Gasteiger partial charge in [-0.05, 0) is 24.3 Å². The number of carbonyl (C=O) groups is 2. The SMILES string of the molecule is COc1cccc(N2CCN(C(=O)CCNC(=O)c3ccccc3Cl)CC2)c1. The van der Waals surface area contributed by atoms with Gasteiger partial charge in [0.1, 0.15) is 5.75 Å². The molecule has 0 spiro atoms. The Morgan fingerprint density at radius 1 is 1.07 bits per heavy atom. The number of piperazine rings is 1. The summed E-state index contributed by atoms with van der Waals surface area (Å²) in [7, 11) is 1.65. The molecule has 0 bridgehead atoms. The van der Waals surface area contributed by atoms with Crippen LogP contribution < -0.4 is 15.0 Å². The Kier molecular flexibility index (Phi) is 6.76. The van der Waals surface area contributed by atoms with Gasteiger partial charge in [0.15, 0.2) is 0 Å². The molecule has 1 aliphatic heterocycles. The quantitative estimate of drug-likeness (QED) is 0.808. The fourth-order valence-corrected chi connectivity index (χ4v) is 3.42. The van der Waals surface area contributed by atoms with Crippen molar-refractivity contribution in [3.8, 4) is 5.75 Å². The third-order valence-corrected chi connectivity index (χ3v) is 5.12. The van der Waals surface area contributed by atoms with E-state index >= 15 is 0 Å². The fourth-order valence-electron chi connectivity index (χ4n) is 3.20. The first-order chi connectivity index (χ1) is 13.6. The number of nitrogens with zero attached hydrogens (tertiary/aromatic N) is 2. The van der Waals surface area contributed by atoms with Gasteiger partial charge in [-0.2, -0.15) is 0 Å². The average Bonchev–Trinajstić information content (AvgIpc) is 2.74. The lowest BCUT2D eigenvalue weighted by molar-refractivity contribution is -0.131. The monoisotopic (exact) mass is 401 g/mol. The van der Waals surface area contributed by atoms with Crippen LogP contribution in [0.1, 0.15) is 16.8 Å². The smallest absolute Gasteiger partial charge is 0.252 e. The summed E-state index contributed by atoms with van der Waals surface area (Å²) in [5.41, 5.74) is 1.52. The van der Waals surface area contributed by atoms with Crippen molar-refractivity contribution in [3.05, 3.63) is 59.1 Å². The van der Waals surface area contributed by atoms with E-state index in [-0.39, 0.29) is 18.2 Å². The molecule has 148 valence electrons. The Balaban J connectivity index is 1.44. The molecule has 7 heteroatoms. The van der Waals surface area contributed by atoms with Crippen molar-refractivity contribution in [2.45, 2.75) is 6.42 Å². The summed E-state index contributed by atoms with van der Waals surface area (Å²) in [5.74, 6) is 0.608. The maximum Gasteiger partial charge on any atom is 0.252 e. The summed E-state index contributed by atoms with van der Waals surface area (Å²) < 4.78 is 5.27. The number of amides is 2. The van der Waals surface area contributed by atoms with E-state index in [0.29, 0.717) is 30.2 Å². The molecule has 0 radical (unpaired) electrons. The van der Waals surface area contributed by atoms with Gasteiger partial charge in [-0.1, -0.05) is 29.8 Å². The standard InChI is InChI=1S/C21H24ClN3O3/c1-28-17-6-4-5-16(15-17)24-11-13-25(14-12-24)20(26)9-10-23-21(27)18-7-2-3-8-19(18)22/h2-8,15H,9-14H2,1H3,(H,23,27). The molecule has 1 heterocycles. The molecule has 1 fully saturated rings. The first-order valence-corrected chi connectivity index (χ1v) is 9.66. The van der Waals surface area contributed by atoms with Crippen molar-refractivity contribution in [2.24, 2.45) is 0 Å². The van der Waals surface area contributed by atoms with E-state index in [1.807, 2.05) is 29.2 Å². The second-order valence-electron chi connectivity index (χ2n) is 6.56. The van der Waals surface area contributed by atoms with Gasteiger partial charge in [0.25, 0.3) is 5.91 Å². The van der Waals surface area contributed by atoms with E-state index in [2.05, 4.69) is 10.2 Å². The van der Waals surface area contributed by atoms with Crippen molar-refractivity contribution < 1.29 is 14.3 Å². The second-order valence-corrected chi connectivity index (χ2v) is 6.96. The van der Waals surface area contributed by atoms with Crippen LogP contribution in [-0.2, 0) is 4.79 Å². The van der Waals surface area contributed by atoms with E-state index in [9.17, 15) is 9.59 Å². The van der Waals surface area contributed by atoms with Crippen LogP contribution in [0.5, 0.6) is 5.75 Å². The lowest BCUT2D eigenvalue weighted by atomic mass is 10.2. The minimum Gasteiger partial charge on any atom is -0.497 e. The van der Waals surface area contributed by atoms with E-state index in [1.54, 1.807) is 31.4 Å². The fraction of sp³-hybridized carbons (Fsp3) is 0.333. The molecule has 0 atom stereocenters. The van der Waals surface area contributed by atoms with E-state index in [4.69, 9.17) is 16.3 Å². The molecule has 2 aromatic rings. The molecule has 3 rings (SSSR count). The van der Waals surface area contributed by atoms with Crippen LogP contribution in [0.3, 0.4) is 0 Å². The largest absolute Gasteiger partial charge is 0.497 e. The maximum atomic E-state index is 12.4. The summed E-state index contributed by atoms with van der Waals surface area (Å²) in [6, 6.07) is 14.8. The Morgan fingerprint density at radius 3 is 2.54 bits per heavy atom. The lowest BCUT2D eigenvalue weighted by Crippen LogP contribution is -2.49. The van der Waals surface area contributed by atoms with Crippen LogP contribution in [-0.4, -0.2) is 56.5 Å². The van der Waals surface area contributed by atoms with Crippen LogP contribution in [0.15, 0.2) is 48.5 Å². The van der Waals surface area contributed by atoms with Crippen molar-refractivity contribution >= 4 is 29.1 Å². The predicted molar refractivity (Wildman–Crippen MR) is 110 cm³/mol. The Bertz CT molecular complexity index is 835. The van der Waals surface area contributed by atoms with Crippen molar-refractivity contribution in [1.82, 2.24) is 10.2 Å². The molecule has 0 unspecified atom stereocenters. The number of carbonyl (C=O) groups excluding carboxylic acids is 2. The van der Waals surface area contributed by atoms with E-state index in [0.717, 1.165) is 24.5 Å². The number of halogens is 1. The minimum atomic E-state index is -0.263. The lowest BCUT2D eigenvalue weighted by Gasteiger charge is -2.36. The molecule has 1 N–H and O–H groups in total. The van der Waals surface area contributed by atoms with Gasteiger partial charge >= 0.3 is 0 Å². The van der Waals surface area contributed by atoms with Crippen molar-refractivity contribution in [2.75, 3.05) is 44.7 Å². The highest BCUT2D eigenvalue weighted by Gasteiger charge is 2.21. The van der Waals surface area contributed by atoms with E-state index in [1.165, 1.54) is 0 Å². The number of nitrogens with one attached hydrogen (secondary N) is 1. The number of benzene rings is 2.